The summed E-state index contributed by atoms with van der Waals surface area (Å²) in [7, 11) is 0. The molecule has 0 saturated heterocycles. The molecule has 2 nitrogen and oxygen atoms in total. The summed E-state index contributed by atoms with van der Waals surface area (Å²) in [5.74, 6) is 0.961. The van der Waals surface area contributed by atoms with Gasteiger partial charge in [0.1, 0.15) is 5.75 Å². The predicted octanol–water partition coefficient (Wildman–Crippen LogP) is 6.28. The molecule has 1 aliphatic carbocycles. The van der Waals surface area contributed by atoms with E-state index in [9.17, 15) is 0 Å². The van der Waals surface area contributed by atoms with Crippen molar-refractivity contribution in [3.8, 4) is 16.9 Å². The van der Waals surface area contributed by atoms with Crippen molar-refractivity contribution in [1.82, 2.24) is 0 Å². The molecule has 0 spiro atoms. The SMILES string of the molecule is CCC(C)Oc1c(/C=N/C2CCCCC2)cccc1-c1ccccc1. The van der Waals surface area contributed by atoms with Crippen molar-refractivity contribution < 1.29 is 4.74 Å². The maximum absolute atomic E-state index is 6.33. The molecular weight excluding hydrogens is 306 g/mol. The Labute approximate surface area is 152 Å². The van der Waals surface area contributed by atoms with Gasteiger partial charge in [0, 0.05) is 23.4 Å². The topological polar surface area (TPSA) is 21.6 Å². The first kappa shape index (κ1) is 17.7. The van der Waals surface area contributed by atoms with Crippen molar-refractivity contribution in [1.29, 1.82) is 0 Å². The summed E-state index contributed by atoms with van der Waals surface area (Å²) >= 11 is 0. The van der Waals surface area contributed by atoms with Crippen molar-refractivity contribution in [2.45, 2.75) is 64.5 Å². The second-order valence-electron chi connectivity index (χ2n) is 7.00. The van der Waals surface area contributed by atoms with Crippen LogP contribution in [0.2, 0.25) is 0 Å². The van der Waals surface area contributed by atoms with E-state index in [-0.39, 0.29) is 6.10 Å². The molecule has 25 heavy (non-hydrogen) atoms. The molecule has 1 fully saturated rings. The lowest BCUT2D eigenvalue weighted by molar-refractivity contribution is 0.218. The molecule has 0 aromatic heterocycles. The van der Waals surface area contributed by atoms with Gasteiger partial charge in [-0.05, 0) is 37.8 Å². The average Bonchev–Trinajstić information content (AvgIpc) is 2.68. The molecule has 3 rings (SSSR count). The van der Waals surface area contributed by atoms with E-state index in [0.717, 1.165) is 23.3 Å². The lowest BCUT2D eigenvalue weighted by Crippen LogP contribution is -2.13. The van der Waals surface area contributed by atoms with Gasteiger partial charge in [0.15, 0.2) is 0 Å². The fourth-order valence-electron chi connectivity index (χ4n) is 3.33. The van der Waals surface area contributed by atoms with E-state index in [1.165, 1.54) is 37.7 Å². The minimum absolute atomic E-state index is 0.187. The van der Waals surface area contributed by atoms with Crippen LogP contribution < -0.4 is 4.74 Å². The summed E-state index contributed by atoms with van der Waals surface area (Å²) in [5.41, 5.74) is 3.43. The quantitative estimate of drug-likeness (QED) is 0.569. The summed E-state index contributed by atoms with van der Waals surface area (Å²) in [6.07, 6.45) is 9.63. The molecule has 2 aromatic rings. The number of rotatable bonds is 6. The van der Waals surface area contributed by atoms with Crippen LogP contribution in [0.25, 0.3) is 11.1 Å². The summed E-state index contributed by atoms with van der Waals surface area (Å²) < 4.78 is 6.33. The van der Waals surface area contributed by atoms with Gasteiger partial charge >= 0.3 is 0 Å². The molecule has 2 heteroatoms. The zero-order chi connectivity index (χ0) is 17.5. The Kier molecular flexibility index (Phi) is 6.27. The Morgan fingerprint density at radius 2 is 1.80 bits per heavy atom. The minimum atomic E-state index is 0.187. The maximum atomic E-state index is 6.33. The Hall–Kier alpha value is -2.09. The van der Waals surface area contributed by atoms with Crippen LogP contribution in [-0.2, 0) is 0 Å². The summed E-state index contributed by atoms with van der Waals surface area (Å²) in [6, 6.07) is 17.3. The molecule has 0 amide bonds. The minimum Gasteiger partial charge on any atom is -0.489 e. The third-order valence-corrected chi connectivity index (χ3v) is 5.02. The van der Waals surface area contributed by atoms with Crippen LogP contribution in [-0.4, -0.2) is 18.4 Å². The third kappa shape index (κ3) is 4.72. The molecule has 132 valence electrons. The fraction of sp³-hybridized carbons (Fsp3) is 0.435. The standard InChI is InChI=1S/C23H29NO/c1-3-18(2)25-23-20(17-24-21-14-8-5-9-15-21)13-10-16-22(23)19-11-6-4-7-12-19/h4,6-7,10-13,16-18,21H,3,5,8-9,14-15H2,1-2H3/b24-17+. The molecule has 0 radical (unpaired) electrons. The second kappa shape index (κ2) is 8.84. The van der Waals surface area contributed by atoms with Gasteiger partial charge < -0.3 is 4.74 Å². The van der Waals surface area contributed by atoms with Crippen molar-refractivity contribution in [2.24, 2.45) is 4.99 Å². The van der Waals surface area contributed by atoms with E-state index in [0.29, 0.717) is 6.04 Å². The Balaban J connectivity index is 1.94. The highest BCUT2D eigenvalue weighted by molar-refractivity contribution is 5.89. The van der Waals surface area contributed by atoms with Crippen LogP contribution in [0.5, 0.6) is 5.75 Å². The smallest absolute Gasteiger partial charge is 0.136 e. The first-order valence-electron chi connectivity index (χ1n) is 9.66. The molecule has 2 aromatic carbocycles. The van der Waals surface area contributed by atoms with Gasteiger partial charge in [0.25, 0.3) is 0 Å². The number of hydrogen-bond acceptors (Lipinski definition) is 2. The van der Waals surface area contributed by atoms with Crippen LogP contribution in [0.4, 0.5) is 0 Å². The number of hydrogen-bond donors (Lipinski definition) is 0. The van der Waals surface area contributed by atoms with Crippen LogP contribution in [0.15, 0.2) is 53.5 Å². The lowest BCUT2D eigenvalue weighted by atomic mass is 9.96. The molecular formula is C23H29NO. The Morgan fingerprint density at radius 1 is 1.04 bits per heavy atom. The van der Waals surface area contributed by atoms with Gasteiger partial charge in [-0.3, -0.25) is 4.99 Å². The van der Waals surface area contributed by atoms with Crippen molar-refractivity contribution in [3.63, 3.8) is 0 Å². The highest BCUT2D eigenvalue weighted by atomic mass is 16.5. The summed E-state index contributed by atoms with van der Waals surface area (Å²) in [5, 5.41) is 0. The van der Waals surface area contributed by atoms with E-state index in [2.05, 4.69) is 56.3 Å². The molecule has 0 bridgehead atoms. The van der Waals surface area contributed by atoms with Crippen molar-refractivity contribution >= 4 is 6.21 Å². The van der Waals surface area contributed by atoms with Crippen LogP contribution in [0, 0.1) is 0 Å². The van der Waals surface area contributed by atoms with Crippen molar-refractivity contribution in [2.75, 3.05) is 0 Å². The highest BCUT2D eigenvalue weighted by Gasteiger charge is 2.15. The Morgan fingerprint density at radius 3 is 2.52 bits per heavy atom. The molecule has 1 aliphatic rings. The average molecular weight is 335 g/mol. The summed E-state index contributed by atoms with van der Waals surface area (Å²) in [6.45, 7) is 4.29. The molecule has 0 aliphatic heterocycles. The van der Waals surface area contributed by atoms with E-state index in [1.807, 2.05) is 12.3 Å². The predicted molar refractivity (Wildman–Crippen MR) is 107 cm³/mol. The maximum Gasteiger partial charge on any atom is 0.136 e. The first-order valence-corrected chi connectivity index (χ1v) is 9.66. The lowest BCUT2D eigenvalue weighted by Gasteiger charge is -2.20. The Bertz CT molecular complexity index is 686. The van der Waals surface area contributed by atoms with Crippen LogP contribution >= 0.6 is 0 Å². The van der Waals surface area contributed by atoms with Gasteiger partial charge in [0.2, 0.25) is 0 Å². The number of aliphatic imine (C=N–C) groups is 1. The molecule has 0 heterocycles. The zero-order valence-electron chi connectivity index (χ0n) is 15.4. The number of para-hydroxylation sites is 1. The van der Waals surface area contributed by atoms with E-state index in [4.69, 9.17) is 9.73 Å². The third-order valence-electron chi connectivity index (χ3n) is 5.02. The van der Waals surface area contributed by atoms with Crippen LogP contribution in [0.1, 0.15) is 57.9 Å². The van der Waals surface area contributed by atoms with Gasteiger partial charge in [0.05, 0.1) is 6.10 Å². The molecule has 0 N–H and O–H groups in total. The largest absolute Gasteiger partial charge is 0.489 e. The van der Waals surface area contributed by atoms with E-state index < -0.39 is 0 Å². The number of benzene rings is 2. The molecule has 1 saturated carbocycles. The van der Waals surface area contributed by atoms with E-state index in [1.54, 1.807) is 0 Å². The fourth-order valence-corrected chi connectivity index (χ4v) is 3.33. The van der Waals surface area contributed by atoms with Crippen LogP contribution in [0.3, 0.4) is 0 Å². The van der Waals surface area contributed by atoms with Gasteiger partial charge in [-0.25, -0.2) is 0 Å². The normalized spacial score (nSPS) is 16.9. The monoisotopic (exact) mass is 335 g/mol. The van der Waals surface area contributed by atoms with Crippen molar-refractivity contribution in [3.05, 3.63) is 54.1 Å². The molecule has 1 unspecified atom stereocenters. The second-order valence-corrected chi connectivity index (χ2v) is 7.00. The highest BCUT2D eigenvalue weighted by Crippen LogP contribution is 2.34. The van der Waals surface area contributed by atoms with Gasteiger partial charge in [-0.2, -0.15) is 0 Å². The summed E-state index contributed by atoms with van der Waals surface area (Å²) in [4.78, 5) is 4.88. The number of ether oxygens (including phenoxy) is 1. The molecule has 1 atom stereocenters. The van der Waals surface area contributed by atoms with E-state index >= 15 is 0 Å². The zero-order valence-corrected chi connectivity index (χ0v) is 15.4. The van der Waals surface area contributed by atoms with Gasteiger partial charge in [-0.15, -0.1) is 0 Å². The van der Waals surface area contributed by atoms with Gasteiger partial charge in [-0.1, -0.05) is 68.7 Å². The number of nitrogens with zero attached hydrogens (tertiary/aromatic N) is 1. The first-order chi connectivity index (χ1) is 12.3.